The molecule has 0 spiro atoms. The summed E-state index contributed by atoms with van der Waals surface area (Å²) in [6.45, 7) is 4.32. The van der Waals surface area contributed by atoms with E-state index < -0.39 is 17.7 Å². The van der Waals surface area contributed by atoms with E-state index in [1.54, 1.807) is 10.7 Å². The third-order valence-electron chi connectivity index (χ3n) is 3.08. The molecule has 0 radical (unpaired) electrons. The predicted octanol–water partition coefficient (Wildman–Crippen LogP) is 2.83. The molecule has 5 heteroatoms. The van der Waals surface area contributed by atoms with Crippen LogP contribution in [0, 0.1) is 11.6 Å². The molecule has 0 aliphatic rings. The van der Waals surface area contributed by atoms with Crippen LogP contribution in [0.3, 0.4) is 0 Å². The number of aromatic nitrogens is 2. The number of aliphatic hydroxyl groups is 1. The lowest BCUT2D eigenvalue weighted by Crippen LogP contribution is -2.12. The average Bonchev–Trinajstić information content (AvgIpc) is 2.81. The van der Waals surface area contributed by atoms with E-state index in [4.69, 9.17) is 0 Å². The van der Waals surface area contributed by atoms with Crippen LogP contribution < -0.4 is 0 Å². The smallest absolute Gasteiger partial charge is 0.132 e. The van der Waals surface area contributed by atoms with Gasteiger partial charge in [0.2, 0.25) is 0 Å². The van der Waals surface area contributed by atoms with Crippen molar-refractivity contribution >= 4 is 0 Å². The van der Waals surface area contributed by atoms with E-state index in [9.17, 15) is 13.9 Å². The number of halogens is 2. The molecular formula is C14H16F2N2O. The van der Waals surface area contributed by atoms with Crippen LogP contribution in [-0.4, -0.2) is 14.9 Å². The normalized spacial score (nSPS) is 12.7. The molecule has 1 heterocycles. The van der Waals surface area contributed by atoms with Crippen LogP contribution in [0.4, 0.5) is 8.78 Å². The van der Waals surface area contributed by atoms with E-state index in [0.29, 0.717) is 18.7 Å². The molecule has 102 valence electrons. The Hall–Kier alpha value is -1.75. The third-order valence-corrected chi connectivity index (χ3v) is 3.08. The number of rotatable bonds is 4. The van der Waals surface area contributed by atoms with Gasteiger partial charge in [-0.05, 0) is 31.5 Å². The highest BCUT2D eigenvalue weighted by atomic mass is 19.1. The summed E-state index contributed by atoms with van der Waals surface area (Å²) in [5.74, 6) is -1.51. The fraction of sp³-hybridized carbons (Fsp3) is 0.357. The van der Waals surface area contributed by atoms with Crippen molar-refractivity contribution in [1.82, 2.24) is 9.78 Å². The Morgan fingerprint density at radius 2 is 1.89 bits per heavy atom. The molecule has 2 rings (SSSR count). The maximum atomic E-state index is 13.7. The van der Waals surface area contributed by atoms with Crippen LogP contribution in [0.2, 0.25) is 0 Å². The van der Waals surface area contributed by atoms with Crippen molar-refractivity contribution in [3.05, 3.63) is 52.9 Å². The zero-order valence-electron chi connectivity index (χ0n) is 10.9. The van der Waals surface area contributed by atoms with Gasteiger partial charge in [0.25, 0.3) is 0 Å². The standard InChI is InChI=1S/C14H16F2N2O/c1-3-9-8-12(18(4-2)17-9)14(19)13-10(15)6-5-7-11(13)16/h5-8,14,19H,3-4H2,1-2H3. The van der Waals surface area contributed by atoms with Gasteiger partial charge in [0, 0.05) is 6.54 Å². The second-order valence-corrected chi connectivity index (χ2v) is 4.27. The molecule has 1 atom stereocenters. The van der Waals surface area contributed by atoms with Gasteiger partial charge in [-0.15, -0.1) is 0 Å². The molecule has 0 amide bonds. The van der Waals surface area contributed by atoms with Crippen molar-refractivity contribution in [2.45, 2.75) is 32.9 Å². The lowest BCUT2D eigenvalue weighted by Gasteiger charge is -2.14. The van der Waals surface area contributed by atoms with Gasteiger partial charge in [-0.25, -0.2) is 8.78 Å². The van der Waals surface area contributed by atoms with E-state index in [1.165, 1.54) is 6.07 Å². The van der Waals surface area contributed by atoms with Crippen LogP contribution in [0.1, 0.15) is 36.9 Å². The first-order valence-corrected chi connectivity index (χ1v) is 6.27. The molecule has 1 aromatic heterocycles. The van der Waals surface area contributed by atoms with Gasteiger partial charge >= 0.3 is 0 Å². The minimum Gasteiger partial charge on any atom is -0.382 e. The topological polar surface area (TPSA) is 38.0 Å². The molecule has 1 unspecified atom stereocenters. The lowest BCUT2D eigenvalue weighted by molar-refractivity contribution is 0.197. The molecule has 0 fully saturated rings. The van der Waals surface area contributed by atoms with Gasteiger partial charge in [0.05, 0.1) is 17.0 Å². The van der Waals surface area contributed by atoms with Gasteiger partial charge in [0.1, 0.15) is 17.7 Å². The van der Waals surface area contributed by atoms with E-state index in [0.717, 1.165) is 17.8 Å². The van der Waals surface area contributed by atoms with Gasteiger partial charge in [-0.1, -0.05) is 13.0 Å². The summed E-state index contributed by atoms with van der Waals surface area (Å²) in [5, 5.41) is 14.5. The van der Waals surface area contributed by atoms with E-state index in [1.807, 2.05) is 13.8 Å². The first-order chi connectivity index (χ1) is 9.08. The zero-order valence-corrected chi connectivity index (χ0v) is 10.9. The van der Waals surface area contributed by atoms with E-state index in [-0.39, 0.29) is 5.56 Å². The molecule has 0 aliphatic heterocycles. The third kappa shape index (κ3) is 2.51. The number of aryl methyl sites for hydroxylation is 2. The number of nitrogens with zero attached hydrogens (tertiary/aromatic N) is 2. The monoisotopic (exact) mass is 266 g/mol. The summed E-state index contributed by atoms with van der Waals surface area (Å²) in [4.78, 5) is 0. The van der Waals surface area contributed by atoms with Gasteiger partial charge in [0.15, 0.2) is 0 Å². The van der Waals surface area contributed by atoms with Crippen molar-refractivity contribution in [1.29, 1.82) is 0 Å². The zero-order chi connectivity index (χ0) is 14.0. The van der Waals surface area contributed by atoms with E-state index >= 15 is 0 Å². The van der Waals surface area contributed by atoms with Crippen LogP contribution in [-0.2, 0) is 13.0 Å². The Bertz CT molecular complexity index is 561. The Labute approximate surface area is 110 Å². The predicted molar refractivity (Wildman–Crippen MR) is 67.7 cm³/mol. The summed E-state index contributed by atoms with van der Waals surface area (Å²) >= 11 is 0. The highest BCUT2D eigenvalue weighted by Gasteiger charge is 2.23. The molecular weight excluding hydrogens is 250 g/mol. The Kier molecular flexibility index (Phi) is 3.95. The van der Waals surface area contributed by atoms with Gasteiger partial charge < -0.3 is 5.11 Å². The van der Waals surface area contributed by atoms with Crippen LogP contribution in [0.15, 0.2) is 24.3 Å². The number of hydrogen-bond donors (Lipinski definition) is 1. The number of aliphatic hydroxyl groups excluding tert-OH is 1. The first-order valence-electron chi connectivity index (χ1n) is 6.27. The molecule has 3 nitrogen and oxygen atoms in total. The second kappa shape index (κ2) is 5.48. The van der Waals surface area contributed by atoms with Crippen LogP contribution >= 0.6 is 0 Å². The molecule has 0 aliphatic carbocycles. The molecule has 0 bridgehead atoms. The van der Waals surface area contributed by atoms with Crippen molar-refractivity contribution in [3.63, 3.8) is 0 Å². The molecule has 1 N–H and O–H groups in total. The van der Waals surface area contributed by atoms with Gasteiger partial charge in [-0.3, -0.25) is 4.68 Å². The summed E-state index contributed by atoms with van der Waals surface area (Å²) in [5.41, 5.74) is 0.857. The largest absolute Gasteiger partial charge is 0.382 e. The van der Waals surface area contributed by atoms with Crippen molar-refractivity contribution in [2.24, 2.45) is 0 Å². The molecule has 19 heavy (non-hydrogen) atoms. The lowest BCUT2D eigenvalue weighted by atomic mass is 10.0. The maximum absolute atomic E-state index is 13.7. The summed E-state index contributed by atoms with van der Waals surface area (Å²) < 4.78 is 28.9. The molecule has 1 aromatic carbocycles. The molecule has 0 saturated heterocycles. The SMILES string of the molecule is CCc1cc(C(O)c2c(F)cccc2F)n(CC)n1. The molecule has 2 aromatic rings. The Balaban J connectivity index is 2.49. The van der Waals surface area contributed by atoms with Crippen molar-refractivity contribution in [2.75, 3.05) is 0 Å². The summed E-state index contributed by atoms with van der Waals surface area (Å²) in [6.07, 6.45) is -0.652. The highest BCUT2D eigenvalue weighted by Crippen LogP contribution is 2.27. The van der Waals surface area contributed by atoms with Gasteiger partial charge in [-0.2, -0.15) is 5.10 Å². The van der Waals surface area contributed by atoms with Crippen molar-refractivity contribution in [3.8, 4) is 0 Å². The minimum atomic E-state index is -1.35. The number of hydrogen-bond acceptors (Lipinski definition) is 2. The second-order valence-electron chi connectivity index (χ2n) is 4.27. The minimum absolute atomic E-state index is 0.334. The fourth-order valence-corrected chi connectivity index (χ4v) is 2.05. The summed E-state index contributed by atoms with van der Waals surface area (Å²) in [7, 11) is 0. The van der Waals surface area contributed by atoms with Crippen LogP contribution in [0.5, 0.6) is 0 Å². The average molecular weight is 266 g/mol. The first kappa shape index (κ1) is 13.7. The maximum Gasteiger partial charge on any atom is 0.132 e. The number of benzene rings is 1. The Morgan fingerprint density at radius 1 is 1.26 bits per heavy atom. The van der Waals surface area contributed by atoms with E-state index in [2.05, 4.69) is 5.10 Å². The Morgan fingerprint density at radius 3 is 2.42 bits per heavy atom. The van der Waals surface area contributed by atoms with Crippen molar-refractivity contribution < 1.29 is 13.9 Å². The van der Waals surface area contributed by atoms with Crippen LogP contribution in [0.25, 0.3) is 0 Å². The molecule has 0 saturated carbocycles. The quantitative estimate of drug-likeness (QED) is 0.924. The highest BCUT2D eigenvalue weighted by molar-refractivity contribution is 5.29. The summed E-state index contributed by atoms with van der Waals surface area (Å²) in [6, 6.07) is 5.22. The fourth-order valence-electron chi connectivity index (χ4n) is 2.05.